The summed E-state index contributed by atoms with van der Waals surface area (Å²) in [5, 5.41) is 0. The van der Waals surface area contributed by atoms with Gasteiger partial charge in [0.15, 0.2) is 0 Å². The first-order chi connectivity index (χ1) is 5.24. The van der Waals surface area contributed by atoms with Crippen LogP contribution in [0.1, 0.15) is 20.3 Å². The molecule has 0 saturated heterocycles. The zero-order valence-electron chi connectivity index (χ0n) is 7.04. The monoisotopic (exact) mass is 150 g/mol. The van der Waals surface area contributed by atoms with Crippen LogP contribution in [0, 0.1) is 5.92 Å². The smallest absolute Gasteiger partial charge is 0.123 e. The predicted molar refractivity (Wildman–Crippen MR) is 48.3 cm³/mol. The van der Waals surface area contributed by atoms with E-state index in [1.807, 2.05) is 19.1 Å². The molecule has 2 nitrogen and oxygen atoms in total. The van der Waals surface area contributed by atoms with Gasteiger partial charge in [0.05, 0.1) is 0 Å². The van der Waals surface area contributed by atoms with Crippen LogP contribution in [0.4, 0.5) is 0 Å². The SMILES string of the molecule is CCC1C=CC=C(N)N=C1C. The number of nitrogens with two attached hydrogens (primary N) is 1. The summed E-state index contributed by atoms with van der Waals surface area (Å²) in [5.41, 5.74) is 6.67. The topological polar surface area (TPSA) is 38.4 Å². The van der Waals surface area contributed by atoms with Crippen LogP contribution >= 0.6 is 0 Å². The molecule has 11 heavy (non-hydrogen) atoms. The Balaban J connectivity index is 2.85. The largest absolute Gasteiger partial charge is 0.384 e. The molecule has 0 radical (unpaired) electrons. The van der Waals surface area contributed by atoms with Gasteiger partial charge in [-0.2, -0.15) is 0 Å². The highest BCUT2D eigenvalue weighted by Crippen LogP contribution is 2.11. The molecule has 1 aliphatic rings. The molecule has 0 aromatic carbocycles. The van der Waals surface area contributed by atoms with Gasteiger partial charge in [-0.25, -0.2) is 4.99 Å². The lowest BCUT2D eigenvalue weighted by atomic mass is 10.0. The number of rotatable bonds is 1. The van der Waals surface area contributed by atoms with Crippen molar-refractivity contribution >= 4 is 5.71 Å². The lowest BCUT2D eigenvalue weighted by Gasteiger charge is -2.06. The zero-order valence-corrected chi connectivity index (χ0v) is 7.04. The van der Waals surface area contributed by atoms with Crippen molar-refractivity contribution in [1.29, 1.82) is 0 Å². The lowest BCUT2D eigenvalue weighted by Crippen LogP contribution is -2.07. The van der Waals surface area contributed by atoms with Crippen molar-refractivity contribution in [2.75, 3.05) is 0 Å². The molecular formula is C9H14N2. The van der Waals surface area contributed by atoms with Crippen LogP contribution in [0.5, 0.6) is 0 Å². The summed E-state index contributed by atoms with van der Waals surface area (Å²) in [7, 11) is 0. The Morgan fingerprint density at radius 2 is 2.36 bits per heavy atom. The third-order valence-electron chi connectivity index (χ3n) is 1.89. The van der Waals surface area contributed by atoms with Gasteiger partial charge in [-0.05, 0) is 19.4 Å². The first-order valence-corrected chi connectivity index (χ1v) is 3.93. The first-order valence-electron chi connectivity index (χ1n) is 3.93. The van der Waals surface area contributed by atoms with E-state index in [4.69, 9.17) is 5.73 Å². The van der Waals surface area contributed by atoms with E-state index in [9.17, 15) is 0 Å². The van der Waals surface area contributed by atoms with Crippen molar-refractivity contribution in [2.24, 2.45) is 16.6 Å². The van der Waals surface area contributed by atoms with E-state index >= 15 is 0 Å². The van der Waals surface area contributed by atoms with Crippen molar-refractivity contribution in [2.45, 2.75) is 20.3 Å². The molecule has 1 heterocycles. The summed E-state index contributed by atoms with van der Waals surface area (Å²) >= 11 is 0. The summed E-state index contributed by atoms with van der Waals surface area (Å²) in [5.74, 6) is 1.07. The second-order valence-electron chi connectivity index (χ2n) is 2.74. The molecule has 1 atom stereocenters. The van der Waals surface area contributed by atoms with Gasteiger partial charge >= 0.3 is 0 Å². The number of aliphatic imine (C=N–C) groups is 1. The van der Waals surface area contributed by atoms with Gasteiger partial charge in [-0.1, -0.05) is 19.1 Å². The second kappa shape index (κ2) is 3.37. The number of hydrogen-bond donors (Lipinski definition) is 1. The van der Waals surface area contributed by atoms with Gasteiger partial charge in [0, 0.05) is 11.6 Å². The van der Waals surface area contributed by atoms with Gasteiger partial charge in [0.1, 0.15) is 5.82 Å². The molecule has 0 fully saturated rings. The Hall–Kier alpha value is -1.05. The molecule has 0 saturated carbocycles. The zero-order chi connectivity index (χ0) is 8.27. The number of hydrogen-bond acceptors (Lipinski definition) is 2. The highest BCUT2D eigenvalue weighted by Gasteiger charge is 2.06. The summed E-state index contributed by atoms with van der Waals surface area (Å²) in [6, 6.07) is 0. The number of allylic oxidation sites excluding steroid dienone is 3. The van der Waals surface area contributed by atoms with Gasteiger partial charge in [-0.15, -0.1) is 0 Å². The predicted octanol–water partition coefficient (Wildman–Crippen LogP) is 1.84. The van der Waals surface area contributed by atoms with Crippen molar-refractivity contribution in [1.82, 2.24) is 0 Å². The van der Waals surface area contributed by atoms with Crippen LogP contribution in [0.25, 0.3) is 0 Å². The molecule has 1 aliphatic heterocycles. The summed E-state index contributed by atoms with van der Waals surface area (Å²) < 4.78 is 0. The van der Waals surface area contributed by atoms with Gasteiger partial charge in [-0.3, -0.25) is 0 Å². The molecule has 0 spiro atoms. The highest BCUT2D eigenvalue weighted by atomic mass is 14.9. The molecule has 1 rings (SSSR count). The van der Waals surface area contributed by atoms with Crippen LogP contribution in [-0.2, 0) is 0 Å². The normalized spacial score (nSPS) is 24.0. The van der Waals surface area contributed by atoms with E-state index < -0.39 is 0 Å². The van der Waals surface area contributed by atoms with E-state index in [2.05, 4.69) is 18.0 Å². The minimum absolute atomic E-state index is 0.465. The highest BCUT2D eigenvalue weighted by molar-refractivity contribution is 5.87. The summed E-state index contributed by atoms with van der Waals surface area (Å²) in [6.45, 7) is 4.17. The molecule has 0 aromatic heterocycles. The van der Waals surface area contributed by atoms with Crippen LogP contribution < -0.4 is 5.73 Å². The second-order valence-corrected chi connectivity index (χ2v) is 2.74. The van der Waals surface area contributed by atoms with E-state index in [1.165, 1.54) is 0 Å². The van der Waals surface area contributed by atoms with Gasteiger partial charge < -0.3 is 5.73 Å². The molecule has 2 N–H and O–H groups in total. The summed E-state index contributed by atoms with van der Waals surface area (Å²) in [6.07, 6.45) is 7.04. The molecule has 2 heteroatoms. The van der Waals surface area contributed by atoms with Gasteiger partial charge in [0.25, 0.3) is 0 Å². The first kappa shape index (κ1) is 8.05. The van der Waals surface area contributed by atoms with E-state index in [0.717, 1.165) is 12.1 Å². The average Bonchev–Trinajstić information content (AvgIpc) is 2.11. The Morgan fingerprint density at radius 3 is 3.00 bits per heavy atom. The molecular weight excluding hydrogens is 136 g/mol. The van der Waals surface area contributed by atoms with Gasteiger partial charge in [0.2, 0.25) is 0 Å². The lowest BCUT2D eigenvalue weighted by molar-refractivity contribution is 0.812. The maximum Gasteiger partial charge on any atom is 0.123 e. The molecule has 60 valence electrons. The minimum Gasteiger partial charge on any atom is -0.384 e. The van der Waals surface area contributed by atoms with Crippen LogP contribution in [0.2, 0.25) is 0 Å². The van der Waals surface area contributed by atoms with Crippen LogP contribution in [0.3, 0.4) is 0 Å². The summed E-state index contributed by atoms with van der Waals surface area (Å²) in [4.78, 5) is 4.22. The van der Waals surface area contributed by atoms with E-state index in [0.29, 0.717) is 11.7 Å². The van der Waals surface area contributed by atoms with Crippen molar-refractivity contribution in [3.05, 3.63) is 24.0 Å². The Bertz CT molecular complexity index is 224. The average molecular weight is 150 g/mol. The maximum atomic E-state index is 5.56. The third-order valence-corrected chi connectivity index (χ3v) is 1.89. The van der Waals surface area contributed by atoms with E-state index in [-0.39, 0.29) is 0 Å². The molecule has 0 aliphatic carbocycles. The minimum atomic E-state index is 0.465. The molecule has 0 aromatic rings. The van der Waals surface area contributed by atoms with Crippen LogP contribution in [-0.4, -0.2) is 5.71 Å². The Kier molecular flexibility index (Phi) is 2.47. The fraction of sp³-hybridized carbons (Fsp3) is 0.444. The maximum absolute atomic E-state index is 5.56. The third kappa shape index (κ3) is 1.93. The number of nitrogens with zero attached hydrogens (tertiary/aromatic N) is 1. The van der Waals surface area contributed by atoms with Crippen LogP contribution in [0.15, 0.2) is 29.0 Å². The van der Waals surface area contributed by atoms with E-state index in [1.54, 1.807) is 0 Å². The van der Waals surface area contributed by atoms with Crippen molar-refractivity contribution in [3.8, 4) is 0 Å². The molecule has 1 unspecified atom stereocenters. The Morgan fingerprint density at radius 1 is 1.64 bits per heavy atom. The van der Waals surface area contributed by atoms with Crippen molar-refractivity contribution in [3.63, 3.8) is 0 Å². The molecule has 0 bridgehead atoms. The fourth-order valence-electron chi connectivity index (χ4n) is 1.18. The Labute approximate surface area is 67.5 Å². The quantitative estimate of drug-likeness (QED) is 0.608. The standard InChI is InChI=1S/C9H14N2/c1-3-8-5-4-6-9(10)11-7(8)2/h4-6,8H,3,10H2,1-2H3. The molecule has 0 amide bonds. The van der Waals surface area contributed by atoms with Crippen molar-refractivity contribution < 1.29 is 0 Å². The fourth-order valence-corrected chi connectivity index (χ4v) is 1.18.